The van der Waals surface area contributed by atoms with Crippen LogP contribution in [0, 0.1) is 0 Å². The molecular weight excluding hydrogens is 279 g/mol. The molecule has 0 radical (unpaired) electrons. The topological polar surface area (TPSA) is 150 Å². The van der Waals surface area contributed by atoms with Crippen molar-refractivity contribution in [3.63, 3.8) is 0 Å². The van der Waals surface area contributed by atoms with Gasteiger partial charge in [-0.3, -0.25) is 9.32 Å². The fourth-order valence-corrected chi connectivity index (χ4v) is 2.53. The Bertz CT molecular complexity index is 409. The summed E-state index contributed by atoms with van der Waals surface area (Å²) in [6.45, 7) is 1.50. The zero-order valence-corrected chi connectivity index (χ0v) is 11.2. The van der Waals surface area contributed by atoms with E-state index in [9.17, 15) is 14.2 Å². The molecule has 1 amide bonds. The first-order valence-corrected chi connectivity index (χ1v) is 7.19. The molecular formula is C9H17N2O7P. The monoisotopic (exact) mass is 296 g/mol. The molecule has 0 unspecified atom stereocenters. The summed E-state index contributed by atoms with van der Waals surface area (Å²) in [5.41, 5.74) is 5.56. The van der Waals surface area contributed by atoms with Crippen molar-refractivity contribution in [3.05, 3.63) is 0 Å². The van der Waals surface area contributed by atoms with Crippen LogP contribution >= 0.6 is 7.82 Å². The molecule has 1 saturated heterocycles. The highest BCUT2D eigenvalue weighted by Gasteiger charge is 2.38. The molecule has 1 aliphatic heterocycles. The van der Waals surface area contributed by atoms with E-state index in [-0.39, 0.29) is 6.54 Å². The molecule has 0 saturated carbocycles. The molecule has 0 aromatic rings. The Kier molecular flexibility index (Phi) is 5.05. The molecule has 1 fully saturated rings. The van der Waals surface area contributed by atoms with E-state index in [0.717, 1.165) is 4.90 Å². The molecule has 1 heterocycles. The number of nitrogens with zero attached hydrogens (tertiary/aromatic N) is 1. The highest BCUT2D eigenvalue weighted by molar-refractivity contribution is 7.46. The maximum atomic E-state index is 12.0. The number of nitrogens with two attached hydrogens (primary N) is 1. The summed E-state index contributed by atoms with van der Waals surface area (Å²) in [5, 5.41) is 8.95. The highest BCUT2D eigenvalue weighted by atomic mass is 31.2. The summed E-state index contributed by atoms with van der Waals surface area (Å²) in [4.78, 5) is 41.3. The number of hydrogen-bond donors (Lipinski definition) is 4. The van der Waals surface area contributed by atoms with Crippen LogP contribution in [0.15, 0.2) is 0 Å². The second-order valence-corrected chi connectivity index (χ2v) is 5.55. The lowest BCUT2D eigenvalue weighted by atomic mass is 10.1. The van der Waals surface area contributed by atoms with Crippen LogP contribution in [-0.2, 0) is 18.7 Å². The van der Waals surface area contributed by atoms with Gasteiger partial charge in [0.25, 0.3) is 0 Å². The molecule has 19 heavy (non-hydrogen) atoms. The molecule has 0 bridgehead atoms. The quantitative estimate of drug-likeness (QED) is 0.466. The minimum atomic E-state index is -4.75. The van der Waals surface area contributed by atoms with E-state index in [4.69, 9.17) is 20.6 Å². The first-order chi connectivity index (χ1) is 8.63. The van der Waals surface area contributed by atoms with Crippen LogP contribution in [-0.4, -0.2) is 56.4 Å². The van der Waals surface area contributed by atoms with E-state index in [2.05, 4.69) is 4.52 Å². The maximum absolute atomic E-state index is 12.0. The van der Waals surface area contributed by atoms with Crippen LogP contribution in [0.1, 0.15) is 19.8 Å². The Morgan fingerprint density at radius 1 is 1.47 bits per heavy atom. The Balaban J connectivity index is 2.71. The van der Waals surface area contributed by atoms with Crippen molar-refractivity contribution < 1.29 is 33.6 Å². The van der Waals surface area contributed by atoms with Crippen LogP contribution in [0.4, 0.5) is 0 Å². The number of carboxylic acids is 1. The Hall–Kier alpha value is -0.990. The van der Waals surface area contributed by atoms with Gasteiger partial charge in [-0.05, 0) is 19.8 Å². The Morgan fingerprint density at radius 2 is 2.05 bits per heavy atom. The van der Waals surface area contributed by atoms with Gasteiger partial charge < -0.3 is 25.5 Å². The van der Waals surface area contributed by atoms with Gasteiger partial charge >= 0.3 is 13.8 Å². The van der Waals surface area contributed by atoms with Crippen molar-refractivity contribution >= 4 is 19.7 Å². The second-order valence-electron chi connectivity index (χ2n) is 4.35. The third-order valence-corrected chi connectivity index (χ3v) is 3.52. The number of phosphoric ester groups is 1. The standard InChI is InChI=1S/C9H17N2O7P/c1-5(18-19(15,16)17)7(10)8(12)11-4-2-3-6(11)9(13)14/h5-7H,2-4,10H2,1H3,(H,13,14)(H2,15,16,17)/t5-,6+,7+/m1/s1. The van der Waals surface area contributed by atoms with Crippen molar-refractivity contribution in [3.8, 4) is 0 Å². The van der Waals surface area contributed by atoms with E-state index in [1.165, 1.54) is 6.92 Å². The van der Waals surface area contributed by atoms with Crippen molar-refractivity contribution in [1.29, 1.82) is 0 Å². The van der Waals surface area contributed by atoms with E-state index in [0.29, 0.717) is 12.8 Å². The van der Waals surface area contributed by atoms with Gasteiger partial charge in [-0.1, -0.05) is 0 Å². The largest absolute Gasteiger partial charge is 0.480 e. The predicted molar refractivity (Wildman–Crippen MR) is 62.9 cm³/mol. The number of aliphatic carboxylic acids is 1. The first kappa shape index (κ1) is 16.1. The lowest BCUT2D eigenvalue weighted by Crippen LogP contribution is -2.52. The molecule has 0 aromatic carbocycles. The molecule has 3 atom stereocenters. The van der Waals surface area contributed by atoms with Crippen molar-refractivity contribution in [2.45, 2.75) is 38.0 Å². The third kappa shape index (κ3) is 4.26. The molecule has 5 N–H and O–H groups in total. The van der Waals surface area contributed by atoms with Crippen LogP contribution in [0.2, 0.25) is 0 Å². The lowest BCUT2D eigenvalue weighted by molar-refractivity contribution is -0.149. The smallest absolute Gasteiger partial charge is 0.469 e. The molecule has 1 rings (SSSR count). The number of hydrogen-bond acceptors (Lipinski definition) is 5. The number of carboxylic acid groups (broad SMARTS) is 1. The van der Waals surface area contributed by atoms with Gasteiger partial charge in [-0.2, -0.15) is 0 Å². The lowest BCUT2D eigenvalue weighted by Gasteiger charge is -2.27. The number of likely N-dealkylation sites (tertiary alicyclic amines) is 1. The summed E-state index contributed by atoms with van der Waals surface area (Å²) in [6.07, 6.45) is -0.339. The predicted octanol–water partition coefficient (Wildman–Crippen LogP) is -1.11. The van der Waals surface area contributed by atoms with E-state index in [1.54, 1.807) is 0 Å². The Morgan fingerprint density at radius 3 is 2.53 bits per heavy atom. The van der Waals surface area contributed by atoms with Crippen molar-refractivity contribution in [2.75, 3.05) is 6.54 Å². The highest BCUT2D eigenvalue weighted by Crippen LogP contribution is 2.38. The zero-order chi connectivity index (χ0) is 14.8. The third-order valence-electron chi connectivity index (χ3n) is 2.92. The van der Waals surface area contributed by atoms with Gasteiger partial charge in [0.1, 0.15) is 12.1 Å². The van der Waals surface area contributed by atoms with Gasteiger partial charge in [0, 0.05) is 6.54 Å². The molecule has 0 aromatic heterocycles. The Labute approximate surface area is 109 Å². The summed E-state index contributed by atoms with van der Waals surface area (Å²) < 4.78 is 15.0. The molecule has 0 spiro atoms. The van der Waals surface area contributed by atoms with E-state index in [1.807, 2.05) is 0 Å². The van der Waals surface area contributed by atoms with Gasteiger partial charge in [0.2, 0.25) is 5.91 Å². The molecule has 0 aliphatic carbocycles. The average molecular weight is 296 g/mol. The second kappa shape index (κ2) is 5.98. The summed E-state index contributed by atoms with van der Waals surface area (Å²) in [6, 6.07) is -2.27. The minimum absolute atomic E-state index is 0.256. The van der Waals surface area contributed by atoms with E-state index < -0.39 is 37.9 Å². The fourth-order valence-electron chi connectivity index (χ4n) is 1.96. The number of phosphoric acid groups is 1. The molecule has 1 aliphatic rings. The average Bonchev–Trinajstić information content (AvgIpc) is 2.73. The van der Waals surface area contributed by atoms with Gasteiger partial charge in [0.15, 0.2) is 0 Å². The number of rotatable bonds is 5. The van der Waals surface area contributed by atoms with Crippen LogP contribution in [0.25, 0.3) is 0 Å². The fraction of sp³-hybridized carbons (Fsp3) is 0.778. The summed E-state index contributed by atoms with van der Waals surface area (Å²) in [7, 11) is -4.75. The molecule has 10 heteroatoms. The van der Waals surface area contributed by atoms with Crippen molar-refractivity contribution in [2.24, 2.45) is 5.73 Å². The summed E-state index contributed by atoms with van der Waals surface area (Å²) >= 11 is 0. The zero-order valence-electron chi connectivity index (χ0n) is 10.3. The number of carbonyl (C=O) groups excluding carboxylic acids is 1. The SMILES string of the molecule is C[C@@H](OP(=O)(O)O)[C@H](N)C(=O)N1CCC[C@H]1C(=O)O. The first-order valence-electron chi connectivity index (χ1n) is 5.66. The maximum Gasteiger partial charge on any atom is 0.469 e. The minimum Gasteiger partial charge on any atom is -0.480 e. The number of amides is 1. The number of carbonyl (C=O) groups is 2. The summed E-state index contributed by atoms with van der Waals surface area (Å²) in [5.74, 6) is -1.81. The van der Waals surface area contributed by atoms with Gasteiger partial charge in [-0.25, -0.2) is 9.36 Å². The normalized spacial score (nSPS) is 23.2. The van der Waals surface area contributed by atoms with Gasteiger partial charge in [-0.15, -0.1) is 0 Å². The van der Waals surface area contributed by atoms with Crippen LogP contribution < -0.4 is 5.73 Å². The van der Waals surface area contributed by atoms with Gasteiger partial charge in [0.05, 0.1) is 6.10 Å². The molecule has 110 valence electrons. The molecule has 9 nitrogen and oxygen atoms in total. The van der Waals surface area contributed by atoms with E-state index >= 15 is 0 Å². The van der Waals surface area contributed by atoms with Crippen LogP contribution in [0.3, 0.4) is 0 Å². The van der Waals surface area contributed by atoms with Crippen LogP contribution in [0.5, 0.6) is 0 Å². The van der Waals surface area contributed by atoms with Crippen molar-refractivity contribution in [1.82, 2.24) is 4.90 Å².